The van der Waals surface area contributed by atoms with Crippen LogP contribution in [0.15, 0.2) is 29.1 Å². The Bertz CT molecular complexity index is 1190. The number of esters is 1. The zero-order chi connectivity index (χ0) is 22.3. The van der Waals surface area contributed by atoms with Gasteiger partial charge in [0.2, 0.25) is 0 Å². The van der Waals surface area contributed by atoms with Crippen LogP contribution in [0, 0.1) is 0 Å². The Balaban J connectivity index is 1.91. The zero-order valence-corrected chi connectivity index (χ0v) is 16.5. The predicted octanol–water partition coefficient (Wildman–Crippen LogP) is -0.438. The number of nitrogens with one attached hydrogen (secondary N) is 1. The molecule has 0 atom stereocenters. The van der Waals surface area contributed by atoms with Gasteiger partial charge in [-0.15, -0.1) is 0 Å². The molecule has 160 valence electrons. The molecule has 4 rings (SSSR count). The van der Waals surface area contributed by atoms with Crippen molar-refractivity contribution < 1.29 is 28.7 Å². The van der Waals surface area contributed by atoms with E-state index in [0.29, 0.717) is 26.3 Å². The lowest BCUT2D eigenvalue weighted by Gasteiger charge is -2.27. The van der Waals surface area contributed by atoms with Crippen LogP contribution in [0.5, 0.6) is 0 Å². The minimum absolute atomic E-state index is 0.0385. The number of anilines is 1. The third-order valence-corrected chi connectivity index (χ3v) is 5.14. The van der Waals surface area contributed by atoms with Crippen molar-refractivity contribution in [3.8, 4) is 5.69 Å². The number of carbonyl (C=O) groups excluding carboxylic acids is 4. The maximum absolute atomic E-state index is 12.9. The van der Waals surface area contributed by atoms with E-state index in [1.165, 1.54) is 25.3 Å². The Morgan fingerprint density at radius 2 is 1.81 bits per heavy atom. The monoisotopic (exact) mass is 426 g/mol. The average molecular weight is 426 g/mol. The number of nitrogen functional groups attached to an aromatic ring is 1. The number of methoxy groups -OCH3 is 1. The first-order valence-electron chi connectivity index (χ1n) is 9.34. The van der Waals surface area contributed by atoms with Gasteiger partial charge in [-0.1, -0.05) is 0 Å². The number of benzene rings is 1. The first-order valence-corrected chi connectivity index (χ1v) is 9.34. The van der Waals surface area contributed by atoms with Crippen LogP contribution in [0.25, 0.3) is 5.69 Å². The maximum Gasteiger partial charge on any atom is 0.339 e. The molecule has 11 nitrogen and oxygen atoms in total. The molecule has 1 saturated heterocycles. The van der Waals surface area contributed by atoms with E-state index < -0.39 is 23.3 Å². The largest absolute Gasteiger partial charge is 0.465 e. The number of carbonyl (C=O) groups is 4. The van der Waals surface area contributed by atoms with Crippen LogP contribution >= 0.6 is 0 Å². The molecule has 3 heterocycles. The Morgan fingerprint density at radius 1 is 1.10 bits per heavy atom. The van der Waals surface area contributed by atoms with Crippen molar-refractivity contribution in [2.75, 3.05) is 39.1 Å². The van der Waals surface area contributed by atoms with Gasteiger partial charge < -0.3 is 20.1 Å². The van der Waals surface area contributed by atoms with Gasteiger partial charge in [-0.05, 0) is 18.2 Å². The molecule has 1 aromatic carbocycles. The highest BCUT2D eigenvalue weighted by atomic mass is 16.5. The summed E-state index contributed by atoms with van der Waals surface area (Å²) in [4.78, 5) is 63.7. The van der Waals surface area contributed by atoms with E-state index in [0.717, 1.165) is 10.6 Å². The second kappa shape index (κ2) is 7.69. The SMILES string of the molecule is COC(=O)c1ccc(C(=O)N2CCOCC2)cc1-n1c(N)c2c(cc1=O)C(=O)NC2=O. The summed E-state index contributed by atoms with van der Waals surface area (Å²) in [5.74, 6) is -2.91. The highest BCUT2D eigenvalue weighted by Gasteiger charge is 2.33. The zero-order valence-electron chi connectivity index (χ0n) is 16.5. The van der Waals surface area contributed by atoms with Gasteiger partial charge in [0.1, 0.15) is 5.82 Å². The number of nitrogens with zero attached hydrogens (tertiary/aromatic N) is 2. The predicted molar refractivity (Wildman–Crippen MR) is 106 cm³/mol. The molecule has 0 radical (unpaired) electrons. The Labute approximate surface area is 175 Å². The highest BCUT2D eigenvalue weighted by Crippen LogP contribution is 2.26. The summed E-state index contributed by atoms with van der Waals surface area (Å²) in [6, 6.07) is 5.09. The van der Waals surface area contributed by atoms with E-state index in [1.54, 1.807) is 4.90 Å². The molecule has 2 aliphatic heterocycles. The number of hydrogen-bond acceptors (Lipinski definition) is 8. The second-order valence-corrected chi connectivity index (χ2v) is 6.90. The van der Waals surface area contributed by atoms with Crippen LogP contribution in [0.1, 0.15) is 41.4 Å². The van der Waals surface area contributed by atoms with Crippen LogP contribution in [-0.4, -0.2) is 66.6 Å². The number of nitrogens with two attached hydrogens (primary N) is 1. The van der Waals surface area contributed by atoms with Gasteiger partial charge in [0, 0.05) is 24.7 Å². The number of fused-ring (bicyclic) bond motifs is 1. The number of amides is 3. The third kappa shape index (κ3) is 3.34. The van der Waals surface area contributed by atoms with Crippen molar-refractivity contribution in [3.05, 3.63) is 56.9 Å². The standard InChI is InChI=1S/C20H18N4O7/c1-30-20(29)11-3-2-10(19(28)23-4-6-31-7-5-23)8-13(11)24-14(25)9-12-15(16(24)21)18(27)22-17(12)26/h2-3,8-9H,4-7,21H2,1H3,(H,22,26,27). The Hall–Kier alpha value is -3.99. The molecular weight excluding hydrogens is 408 g/mol. The Kier molecular flexibility index (Phi) is 5.03. The van der Waals surface area contributed by atoms with Crippen molar-refractivity contribution in [2.24, 2.45) is 0 Å². The number of aromatic nitrogens is 1. The van der Waals surface area contributed by atoms with Gasteiger partial charge in [-0.2, -0.15) is 0 Å². The topological polar surface area (TPSA) is 150 Å². The molecule has 0 saturated carbocycles. The Morgan fingerprint density at radius 3 is 2.48 bits per heavy atom. The summed E-state index contributed by atoms with van der Waals surface area (Å²) in [6.45, 7) is 1.60. The molecule has 0 spiro atoms. The van der Waals surface area contributed by atoms with Gasteiger partial charge >= 0.3 is 5.97 Å². The summed E-state index contributed by atoms with van der Waals surface area (Å²) in [7, 11) is 1.17. The summed E-state index contributed by atoms with van der Waals surface area (Å²) >= 11 is 0. The third-order valence-electron chi connectivity index (χ3n) is 5.14. The molecule has 3 amide bonds. The molecule has 0 bridgehead atoms. The molecule has 3 N–H and O–H groups in total. The first kappa shape index (κ1) is 20.3. The summed E-state index contributed by atoms with van der Waals surface area (Å²) in [6.07, 6.45) is 0. The fourth-order valence-corrected chi connectivity index (χ4v) is 3.61. The molecule has 2 aromatic rings. The molecule has 11 heteroatoms. The van der Waals surface area contributed by atoms with Crippen LogP contribution in [0.2, 0.25) is 0 Å². The molecule has 1 aromatic heterocycles. The quantitative estimate of drug-likeness (QED) is 0.495. The van der Waals surface area contributed by atoms with Gasteiger partial charge in [-0.25, -0.2) is 4.79 Å². The van der Waals surface area contributed by atoms with E-state index in [2.05, 4.69) is 5.32 Å². The lowest BCUT2D eigenvalue weighted by atomic mass is 10.1. The maximum atomic E-state index is 12.9. The lowest BCUT2D eigenvalue weighted by Crippen LogP contribution is -2.40. The van der Waals surface area contributed by atoms with Crippen molar-refractivity contribution in [2.45, 2.75) is 0 Å². The number of morpholine rings is 1. The normalized spacial score (nSPS) is 15.5. The molecular formula is C20H18N4O7. The van der Waals surface area contributed by atoms with Crippen molar-refractivity contribution in [1.29, 1.82) is 0 Å². The molecule has 0 aliphatic carbocycles. The van der Waals surface area contributed by atoms with E-state index in [4.69, 9.17) is 15.2 Å². The van der Waals surface area contributed by atoms with Crippen LogP contribution < -0.4 is 16.6 Å². The van der Waals surface area contributed by atoms with E-state index in [9.17, 15) is 24.0 Å². The van der Waals surface area contributed by atoms with Crippen molar-refractivity contribution in [1.82, 2.24) is 14.8 Å². The summed E-state index contributed by atoms with van der Waals surface area (Å²) < 4.78 is 11.0. The van der Waals surface area contributed by atoms with Gasteiger partial charge in [0.05, 0.1) is 42.7 Å². The summed E-state index contributed by atoms with van der Waals surface area (Å²) in [5, 5.41) is 2.08. The lowest BCUT2D eigenvalue weighted by molar-refractivity contribution is 0.0302. The number of hydrogen-bond donors (Lipinski definition) is 2. The molecule has 2 aliphatic rings. The number of imide groups is 1. The fourth-order valence-electron chi connectivity index (χ4n) is 3.61. The van der Waals surface area contributed by atoms with E-state index in [1.807, 2.05) is 0 Å². The van der Waals surface area contributed by atoms with Crippen molar-refractivity contribution in [3.63, 3.8) is 0 Å². The molecule has 1 fully saturated rings. The van der Waals surface area contributed by atoms with Crippen LogP contribution in [0.3, 0.4) is 0 Å². The number of pyridine rings is 1. The molecule has 31 heavy (non-hydrogen) atoms. The van der Waals surface area contributed by atoms with Gasteiger partial charge in [0.25, 0.3) is 23.3 Å². The van der Waals surface area contributed by atoms with Crippen molar-refractivity contribution >= 4 is 29.5 Å². The first-order chi connectivity index (χ1) is 14.8. The van der Waals surface area contributed by atoms with E-state index in [-0.39, 0.29) is 39.7 Å². The second-order valence-electron chi connectivity index (χ2n) is 6.90. The van der Waals surface area contributed by atoms with Crippen LogP contribution in [-0.2, 0) is 9.47 Å². The average Bonchev–Trinajstić information content (AvgIpc) is 3.06. The minimum atomic E-state index is -0.771. The fraction of sp³-hybridized carbons (Fsp3) is 0.250. The highest BCUT2D eigenvalue weighted by molar-refractivity contribution is 6.23. The smallest absolute Gasteiger partial charge is 0.339 e. The molecule has 0 unspecified atom stereocenters. The summed E-state index contributed by atoms with van der Waals surface area (Å²) in [5.41, 5.74) is 5.14. The van der Waals surface area contributed by atoms with Gasteiger partial charge in [0.15, 0.2) is 0 Å². The van der Waals surface area contributed by atoms with E-state index >= 15 is 0 Å². The van der Waals surface area contributed by atoms with Crippen LogP contribution in [0.4, 0.5) is 5.82 Å². The minimum Gasteiger partial charge on any atom is -0.465 e. The number of rotatable bonds is 3. The van der Waals surface area contributed by atoms with Gasteiger partial charge in [-0.3, -0.25) is 29.1 Å². The number of ether oxygens (including phenoxy) is 2.